The zero-order valence-electron chi connectivity index (χ0n) is 18.4. The second-order valence-corrected chi connectivity index (χ2v) is 9.38. The van der Waals surface area contributed by atoms with Crippen molar-refractivity contribution in [1.29, 1.82) is 0 Å². The first kappa shape index (κ1) is 25.1. The number of fused-ring (bicyclic) bond motifs is 1. The molecule has 0 bridgehead atoms. The van der Waals surface area contributed by atoms with E-state index in [9.17, 15) is 35.9 Å². The molecule has 1 N–H and O–H groups in total. The number of carbonyl (C=O) groups is 2. The minimum atomic E-state index is -5.07. The van der Waals surface area contributed by atoms with Crippen LogP contribution in [-0.4, -0.2) is 41.2 Å². The Labute approximate surface area is 200 Å². The summed E-state index contributed by atoms with van der Waals surface area (Å²) in [6.07, 6.45) is -10.1. The summed E-state index contributed by atoms with van der Waals surface area (Å²) in [5.41, 5.74) is -2.44. The second-order valence-electron chi connectivity index (χ2n) is 8.29. The van der Waals surface area contributed by atoms with Gasteiger partial charge in [0, 0.05) is 18.4 Å². The third kappa shape index (κ3) is 4.89. The fourth-order valence-electron chi connectivity index (χ4n) is 4.29. The molecule has 5 nitrogen and oxygen atoms in total. The van der Waals surface area contributed by atoms with E-state index in [4.69, 9.17) is 0 Å². The largest absolute Gasteiger partial charge is 0.416 e. The van der Waals surface area contributed by atoms with Gasteiger partial charge >= 0.3 is 12.4 Å². The van der Waals surface area contributed by atoms with Gasteiger partial charge < -0.3 is 10.2 Å². The highest BCUT2D eigenvalue weighted by molar-refractivity contribution is 8.14. The van der Waals surface area contributed by atoms with Crippen molar-refractivity contribution < 1.29 is 35.9 Å². The van der Waals surface area contributed by atoms with Gasteiger partial charge in [-0.1, -0.05) is 29.5 Å². The van der Waals surface area contributed by atoms with E-state index in [1.807, 2.05) is 0 Å². The molecule has 2 heterocycles. The lowest BCUT2D eigenvalue weighted by Gasteiger charge is -2.40. The van der Waals surface area contributed by atoms with Crippen molar-refractivity contribution in [3.63, 3.8) is 0 Å². The minimum Gasteiger partial charge on any atom is -0.334 e. The molecular formula is C23H19F6N3O2S. The Morgan fingerprint density at radius 1 is 1.06 bits per heavy atom. The molecule has 2 aliphatic heterocycles. The Hall–Kier alpha value is -3.02. The molecule has 0 aromatic heterocycles. The molecule has 0 fully saturated rings. The number of nitrogens with one attached hydrogen (secondary N) is 1. The molecule has 12 heteroatoms. The van der Waals surface area contributed by atoms with E-state index in [0.717, 1.165) is 4.90 Å². The molecule has 35 heavy (non-hydrogen) atoms. The number of rotatable bonds is 2. The number of amidine groups is 1. The topological polar surface area (TPSA) is 61.8 Å². The van der Waals surface area contributed by atoms with Crippen molar-refractivity contribution in [3.05, 3.63) is 69.8 Å². The molecule has 0 saturated carbocycles. The van der Waals surface area contributed by atoms with Crippen LogP contribution in [0.5, 0.6) is 0 Å². The van der Waals surface area contributed by atoms with Gasteiger partial charge in [0.1, 0.15) is 0 Å². The Morgan fingerprint density at radius 3 is 2.23 bits per heavy atom. The van der Waals surface area contributed by atoms with Crippen LogP contribution in [-0.2, 0) is 17.1 Å². The molecule has 4 rings (SSSR count). The van der Waals surface area contributed by atoms with Crippen molar-refractivity contribution in [1.82, 2.24) is 10.2 Å². The lowest BCUT2D eigenvalue weighted by molar-refractivity contribution is -0.143. The number of nitrogens with zero attached hydrogens (tertiary/aromatic N) is 2. The molecule has 0 aliphatic carbocycles. The quantitative estimate of drug-likeness (QED) is 0.562. The van der Waals surface area contributed by atoms with E-state index in [-0.39, 0.29) is 17.2 Å². The molecule has 0 saturated heterocycles. The first-order valence-corrected chi connectivity index (χ1v) is 11.4. The van der Waals surface area contributed by atoms with E-state index in [2.05, 4.69) is 10.3 Å². The second kappa shape index (κ2) is 8.89. The molecule has 2 atom stereocenters. The number of hydrogen-bond acceptors (Lipinski definition) is 4. The minimum absolute atomic E-state index is 0.0191. The standard InChI is InChI=1S/C23H19F6N3O2S/c1-11-3-4-15-16(7-11)17(19(33)31-21-30-5-6-35-21)18(32(2)20(15)34)12-8-13(22(24,25)26)10-14(9-12)23(27,28)29/h3-4,7-10,17-18H,5-6H2,1-2H3,(H,30,31,33). The van der Waals surface area contributed by atoms with E-state index >= 15 is 0 Å². The van der Waals surface area contributed by atoms with Gasteiger partial charge in [-0.05, 0) is 42.3 Å². The maximum atomic E-state index is 13.5. The highest BCUT2D eigenvalue weighted by Gasteiger charge is 2.45. The summed E-state index contributed by atoms with van der Waals surface area (Å²) in [5.74, 6) is -1.95. The molecule has 2 aromatic rings. The van der Waals surface area contributed by atoms with E-state index in [1.54, 1.807) is 19.1 Å². The van der Waals surface area contributed by atoms with Gasteiger partial charge in [0.05, 0.1) is 29.6 Å². The van der Waals surface area contributed by atoms with Crippen LogP contribution in [0.15, 0.2) is 41.4 Å². The number of benzene rings is 2. The molecule has 2 amide bonds. The van der Waals surface area contributed by atoms with Gasteiger partial charge in [0.2, 0.25) is 5.91 Å². The predicted octanol–water partition coefficient (Wildman–Crippen LogP) is 5.16. The fraction of sp³-hybridized carbons (Fsp3) is 0.348. The molecule has 0 radical (unpaired) electrons. The van der Waals surface area contributed by atoms with Gasteiger partial charge in [0.15, 0.2) is 5.17 Å². The zero-order valence-corrected chi connectivity index (χ0v) is 19.2. The highest BCUT2D eigenvalue weighted by atomic mass is 32.2. The lowest BCUT2D eigenvalue weighted by atomic mass is 9.78. The fourth-order valence-corrected chi connectivity index (χ4v) is 5.02. The van der Waals surface area contributed by atoms with Gasteiger partial charge in [0.25, 0.3) is 5.91 Å². The number of likely N-dealkylation sites (N-methyl/N-ethyl adjacent to an activating group) is 1. The molecule has 2 aromatic carbocycles. The van der Waals surface area contributed by atoms with Crippen LogP contribution in [0.25, 0.3) is 0 Å². The number of alkyl halides is 6. The molecule has 186 valence electrons. The average molecular weight is 515 g/mol. The number of amides is 2. The van der Waals surface area contributed by atoms with Gasteiger partial charge in [-0.25, -0.2) is 0 Å². The van der Waals surface area contributed by atoms with Crippen LogP contribution in [0, 0.1) is 6.92 Å². The number of aliphatic imine (C=N–C) groups is 1. The summed E-state index contributed by atoms with van der Waals surface area (Å²) in [5, 5.41) is 2.93. The van der Waals surface area contributed by atoms with Crippen LogP contribution in [0.3, 0.4) is 0 Å². The Bertz CT molecular complexity index is 1190. The van der Waals surface area contributed by atoms with Crippen LogP contribution in [0.4, 0.5) is 26.3 Å². The average Bonchev–Trinajstić information content (AvgIpc) is 3.27. The van der Waals surface area contributed by atoms with Crippen LogP contribution < -0.4 is 5.32 Å². The summed E-state index contributed by atoms with van der Waals surface area (Å²) in [6, 6.07) is 4.41. The van der Waals surface area contributed by atoms with E-state index < -0.39 is 52.8 Å². The van der Waals surface area contributed by atoms with E-state index in [0.29, 0.717) is 35.2 Å². The molecule has 2 aliphatic rings. The Kier molecular flexibility index (Phi) is 6.37. The normalized spacial score (nSPS) is 20.5. The summed E-state index contributed by atoms with van der Waals surface area (Å²) in [6.45, 7) is 2.17. The van der Waals surface area contributed by atoms with Gasteiger partial charge in [-0.2, -0.15) is 26.3 Å². The number of thioether (sulfide) groups is 1. The molecule has 0 spiro atoms. The lowest BCUT2D eigenvalue weighted by Crippen LogP contribution is -2.46. The zero-order chi connectivity index (χ0) is 25.7. The first-order valence-electron chi connectivity index (χ1n) is 10.4. The number of hydrogen-bond donors (Lipinski definition) is 1. The van der Waals surface area contributed by atoms with Crippen LogP contribution in [0.2, 0.25) is 0 Å². The van der Waals surface area contributed by atoms with Gasteiger partial charge in [-0.3, -0.25) is 14.6 Å². The van der Waals surface area contributed by atoms with Crippen molar-refractivity contribution in [2.24, 2.45) is 4.99 Å². The smallest absolute Gasteiger partial charge is 0.334 e. The Balaban J connectivity index is 1.93. The first-order chi connectivity index (χ1) is 16.3. The summed E-state index contributed by atoms with van der Waals surface area (Å²) in [7, 11) is 1.26. The van der Waals surface area contributed by atoms with E-state index in [1.165, 1.54) is 24.9 Å². The highest BCUT2D eigenvalue weighted by Crippen LogP contribution is 2.45. The van der Waals surface area contributed by atoms with Gasteiger partial charge in [-0.15, -0.1) is 0 Å². The number of carbonyl (C=O) groups excluding carboxylic acids is 2. The summed E-state index contributed by atoms with van der Waals surface area (Å²) in [4.78, 5) is 31.7. The summed E-state index contributed by atoms with van der Waals surface area (Å²) >= 11 is 1.27. The Morgan fingerprint density at radius 2 is 1.69 bits per heavy atom. The summed E-state index contributed by atoms with van der Waals surface area (Å²) < 4.78 is 81.3. The van der Waals surface area contributed by atoms with Crippen molar-refractivity contribution in [2.45, 2.75) is 31.2 Å². The molecule has 2 unspecified atom stereocenters. The van der Waals surface area contributed by atoms with Crippen LogP contribution >= 0.6 is 11.8 Å². The monoisotopic (exact) mass is 515 g/mol. The maximum Gasteiger partial charge on any atom is 0.416 e. The number of halogens is 6. The predicted molar refractivity (Wildman–Crippen MR) is 118 cm³/mol. The van der Waals surface area contributed by atoms with Crippen molar-refractivity contribution in [3.8, 4) is 0 Å². The van der Waals surface area contributed by atoms with Crippen molar-refractivity contribution >= 4 is 28.7 Å². The third-order valence-corrected chi connectivity index (χ3v) is 6.77. The SMILES string of the molecule is Cc1ccc2c(c1)C(C(=O)NC1=NCCS1)C(c1cc(C(F)(F)F)cc(C(F)(F)F)c1)N(C)C2=O. The third-order valence-electron chi connectivity index (χ3n) is 5.88. The number of aryl methyl sites for hydroxylation is 1. The van der Waals surface area contributed by atoms with Crippen LogP contribution in [0.1, 0.15) is 50.1 Å². The maximum absolute atomic E-state index is 13.5. The van der Waals surface area contributed by atoms with Crippen molar-refractivity contribution in [2.75, 3.05) is 19.3 Å². The molecular weight excluding hydrogens is 496 g/mol.